The molecule has 2 aromatic heterocycles. The van der Waals surface area contributed by atoms with Crippen LogP contribution < -0.4 is 4.74 Å². The SMILES string of the molecule is CC(Oc1ccc(F)cc1)c1nnc(SCc2csc(-c3ccccc3Cl)n2)n1C. The molecule has 0 aliphatic carbocycles. The van der Waals surface area contributed by atoms with E-state index in [0.29, 0.717) is 22.3 Å². The lowest BCUT2D eigenvalue weighted by Crippen LogP contribution is -2.10. The molecule has 4 rings (SSSR count). The molecule has 9 heteroatoms. The van der Waals surface area contributed by atoms with E-state index in [-0.39, 0.29) is 11.9 Å². The Morgan fingerprint density at radius 2 is 1.93 bits per heavy atom. The van der Waals surface area contributed by atoms with Crippen LogP contribution in [0.25, 0.3) is 10.6 Å². The van der Waals surface area contributed by atoms with Crippen molar-refractivity contribution in [3.05, 3.63) is 76.3 Å². The molecule has 0 spiro atoms. The van der Waals surface area contributed by atoms with Gasteiger partial charge in [-0.25, -0.2) is 9.37 Å². The second-order valence-electron chi connectivity index (χ2n) is 6.53. The monoisotopic (exact) mass is 460 g/mol. The Labute approximate surface area is 186 Å². The second kappa shape index (κ2) is 9.16. The standard InChI is InChI=1S/C21H18ClFN4OS2/c1-13(28-16-9-7-14(23)8-10-16)19-25-26-21(27(19)2)30-12-15-11-29-20(24-15)17-5-3-4-6-18(17)22/h3-11,13H,12H2,1-2H3. The molecule has 1 unspecified atom stereocenters. The summed E-state index contributed by atoms with van der Waals surface area (Å²) in [5, 5.41) is 12.9. The maximum absolute atomic E-state index is 13.1. The summed E-state index contributed by atoms with van der Waals surface area (Å²) in [5.74, 6) is 1.64. The number of ether oxygens (including phenoxy) is 1. The number of thioether (sulfide) groups is 1. The largest absolute Gasteiger partial charge is 0.483 e. The lowest BCUT2D eigenvalue weighted by Gasteiger charge is -2.14. The Morgan fingerprint density at radius 1 is 1.17 bits per heavy atom. The zero-order valence-electron chi connectivity index (χ0n) is 16.3. The van der Waals surface area contributed by atoms with Crippen LogP contribution in [0.1, 0.15) is 24.5 Å². The number of hydrogen-bond acceptors (Lipinski definition) is 6. The van der Waals surface area contributed by atoms with E-state index >= 15 is 0 Å². The molecule has 2 heterocycles. The molecule has 0 radical (unpaired) electrons. The summed E-state index contributed by atoms with van der Waals surface area (Å²) in [6.07, 6.45) is -0.326. The van der Waals surface area contributed by atoms with Crippen LogP contribution in [-0.2, 0) is 12.8 Å². The first-order chi connectivity index (χ1) is 14.5. The maximum Gasteiger partial charge on any atom is 0.191 e. The highest BCUT2D eigenvalue weighted by atomic mass is 35.5. The fraction of sp³-hybridized carbons (Fsp3) is 0.190. The fourth-order valence-corrected chi connectivity index (χ4v) is 4.90. The number of halogens is 2. The molecule has 5 nitrogen and oxygen atoms in total. The molecule has 0 amide bonds. The van der Waals surface area contributed by atoms with Gasteiger partial charge in [0, 0.05) is 23.7 Å². The summed E-state index contributed by atoms with van der Waals surface area (Å²) < 4.78 is 20.8. The Bertz CT molecular complexity index is 1150. The van der Waals surface area contributed by atoms with Gasteiger partial charge in [-0.3, -0.25) is 0 Å². The van der Waals surface area contributed by atoms with Gasteiger partial charge < -0.3 is 9.30 Å². The molecule has 0 saturated carbocycles. The fourth-order valence-electron chi connectivity index (χ4n) is 2.85. The lowest BCUT2D eigenvalue weighted by molar-refractivity contribution is 0.211. The smallest absolute Gasteiger partial charge is 0.191 e. The third-order valence-electron chi connectivity index (χ3n) is 4.36. The molecule has 0 aliphatic heterocycles. The van der Waals surface area contributed by atoms with Gasteiger partial charge in [-0.1, -0.05) is 41.6 Å². The van der Waals surface area contributed by atoms with Crippen LogP contribution >= 0.6 is 34.7 Å². The van der Waals surface area contributed by atoms with Gasteiger partial charge in [0.25, 0.3) is 0 Å². The molecule has 0 saturated heterocycles. The molecule has 0 aliphatic rings. The summed E-state index contributed by atoms with van der Waals surface area (Å²) in [4.78, 5) is 4.69. The molecule has 4 aromatic rings. The third-order valence-corrected chi connectivity index (χ3v) is 6.67. The van der Waals surface area contributed by atoms with Gasteiger partial charge in [-0.2, -0.15) is 0 Å². The quantitative estimate of drug-likeness (QED) is 0.309. The van der Waals surface area contributed by atoms with Gasteiger partial charge >= 0.3 is 0 Å². The van der Waals surface area contributed by atoms with Gasteiger partial charge in [0.1, 0.15) is 16.6 Å². The lowest BCUT2D eigenvalue weighted by atomic mass is 10.2. The highest BCUT2D eigenvalue weighted by molar-refractivity contribution is 7.98. The van der Waals surface area contributed by atoms with Crippen LogP contribution in [0.5, 0.6) is 5.75 Å². The topological polar surface area (TPSA) is 52.8 Å². The van der Waals surface area contributed by atoms with Crippen molar-refractivity contribution in [3.63, 3.8) is 0 Å². The predicted octanol–water partition coefficient (Wildman–Crippen LogP) is 6.16. The normalized spacial score (nSPS) is 12.1. The molecule has 154 valence electrons. The number of hydrogen-bond donors (Lipinski definition) is 0. The van der Waals surface area contributed by atoms with E-state index in [9.17, 15) is 4.39 Å². The van der Waals surface area contributed by atoms with E-state index in [1.54, 1.807) is 35.2 Å². The van der Waals surface area contributed by atoms with Crippen molar-refractivity contribution in [1.82, 2.24) is 19.7 Å². The summed E-state index contributed by atoms with van der Waals surface area (Å²) in [6.45, 7) is 1.89. The molecular weight excluding hydrogens is 443 g/mol. The van der Waals surface area contributed by atoms with Crippen molar-refractivity contribution < 1.29 is 9.13 Å². The van der Waals surface area contributed by atoms with Crippen molar-refractivity contribution in [1.29, 1.82) is 0 Å². The number of nitrogens with zero attached hydrogens (tertiary/aromatic N) is 4. The van der Waals surface area contributed by atoms with E-state index < -0.39 is 0 Å². The predicted molar refractivity (Wildman–Crippen MR) is 119 cm³/mol. The van der Waals surface area contributed by atoms with Crippen molar-refractivity contribution in [2.75, 3.05) is 0 Å². The number of thiazole rings is 1. The second-order valence-corrected chi connectivity index (χ2v) is 8.73. The van der Waals surface area contributed by atoms with Crippen LogP contribution in [0.4, 0.5) is 4.39 Å². The summed E-state index contributed by atoms with van der Waals surface area (Å²) in [7, 11) is 1.90. The van der Waals surface area contributed by atoms with Crippen LogP contribution in [0, 0.1) is 5.82 Å². The van der Waals surface area contributed by atoms with Crippen molar-refractivity contribution >= 4 is 34.7 Å². The van der Waals surface area contributed by atoms with Crippen LogP contribution in [0.15, 0.2) is 59.1 Å². The zero-order valence-corrected chi connectivity index (χ0v) is 18.6. The molecule has 1 atom stereocenters. The van der Waals surface area contributed by atoms with E-state index in [4.69, 9.17) is 21.3 Å². The molecule has 0 bridgehead atoms. The zero-order chi connectivity index (χ0) is 21.1. The third kappa shape index (κ3) is 4.66. The van der Waals surface area contributed by atoms with E-state index in [1.807, 2.05) is 48.2 Å². The first kappa shape index (κ1) is 20.8. The molecular formula is C21H18ClFN4OS2. The molecule has 30 heavy (non-hydrogen) atoms. The molecule has 0 fully saturated rings. The Kier molecular flexibility index (Phi) is 6.36. The van der Waals surface area contributed by atoms with E-state index in [0.717, 1.165) is 21.4 Å². The number of aromatic nitrogens is 4. The van der Waals surface area contributed by atoms with Gasteiger partial charge in [0.15, 0.2) is 17.1 Å². The Balaban J connectivity index is 1.41. The number of rotatable bonds is 7. The van der Waals surface area contributed by atoms with E-state index in [1.165, 1.54) is 12.1 Å². The minimum Gasteiger partial charge on any atom is -0.483 e. The average Bonchev–Trinajstić information content (AvgIpc) is 3.35. The van der Waals surface area contributed by atoms with Gasteiger partial charge in [0.2, 0.25) is 0 Å². The van der Waals surface area contributed by atoms with Gasteiger partial charge in [-0.05, 0) is 37.3 Å². The Morgan fingerprint density at radius 3 is 2.70 bits per heavy atom. The number of benzene rings is 2. The van der Waals surface area contributed by atoms with Gasteiger partial charge in [0.05, 0.1) is 10.7 Å². The van der Waals surface area contributed by atoms with Crippen LogP contribution in [-0.4, -0.2) is 19.7 Å². The van der Waals surface area contributed by atoms with Crippen molar-refractivity contribution in [3.8, 4) is 16.3 Å². The van der Waals surface area contributed by atoms with Crippen molar-refractivity contribution in [2.45, 2.75) is 23.9 Å². The molecule has 0 N–H and O–H groups in total. The minimum atomic E-state index is -0.326. The van der Waals surface area contributed by atoms with Crippen molar-refractivity contribution in [2.24, 2.45) is 7.05 Å². The summed E-state index contributed by atoms with van der Waals surface area (Å²) >= 11 is 9.39. The van der Waals surface area contributed by atoms with Gasteiger partial charge in [-0.15, -0.1) is 21.5 Å². The summed E-state index contributed by atoms with van der Waals surface area (Å²) in [6, 6.07) is 13.6. The highest BCUT2D eigenvalue weighted by Crippen LogP contribution is 2.32. The maximum atomic E-state index is 13.1. The average molecular weight is 461 g/mol. The van der Waals surface area contributed by atoms with Crippen LogP contribution in [0.3, 0.4) is 0 Å². The molecule has 2 aromatic carbocycles. The summed E-state index contributed by atoms with van der Waals surface area (Å²) in [5.41, 5.74) is 1.90. The first-order valence-corrected chi connectivity index (χ1v) is 11.4. The van der Waals surface area contributed by atoms with E-state index in [2.05, 4.69) is 10.2 Å². The first-order valence-electron chi connectivity index (χ1n) is 9.15. The van der Waals surface area contributed by atoms with Crippen LogP contribution in [0.2, 0.25) is 5.02 Å². The minimum absolute atomic E-state index is 0.299. The Hall–Kier alpha value is -2.42. The highest BCUT2D eigenvalue weighted by Gasteiger charge is 2.18.